The molecule has 0 atom stereocenters. The van der Waals surface area contributed by atoms with Gasteiger partial charge in [0, 0.05) is 28.4 Å². The van der Waals surface area contributed by atoms with Crippen LogP contribution in [0, 0.1) is 0 Å². The highest BCUT2D eigenvalue weighted by Crippen LogP contribution is 2.25. The molecule has 4 nitrogen and oxygen atoms in total. The van der Waals surface area contributed by atoms with E-state index in [0.29, 0.717) is 6.61 Å². The van der Waals surface area contributed by atoms with E-state index < -0.39 is 0 Å². The molecule has 1 rings (SSSR count). The van der Waals surface area contributed by atoms with Crippen LogP contribution in [0.3, 0.4) is 0 Å². The van der Waals surface area contributed by atoms with Crippen molar-refractivity contribution in [2.24, 2.45) is 0 Å². The molecular weight excluding hydrogens is 308 g/mol. The average molecular weight is 329 g/mol. The molecule has 106 valence electrons. The minimum atomic E-state index is -0.217. The highest BCUT2D eigenvalue weighted by atomic mass is 79.9. The number of carbonyl (C=O) groups is 1. The van der Waals surface area contributed by atoms with Crippen molar-refractivity contribution < 1.29 is 9.53 Å². The maximum Gasteiger partial charge on any atom is 0.239 e. The molecule has 0 fully saturated rings. The predicted molar refractivity (Wildman–Crippen MR) is 81.2 cm³/mol. The fourth-order valence-electron chi connectivity index (χ4n) is 1.65. The third-order valence-electron chi connectivity index (χ3n) is 2.36. The third-order valence-corrected chi connectivity index (χ3v) is 3.10. The topological polar surface area (TPSA) is 50.4 Å². The van der Waals surface area contributed by atoms with Crippen LogP contribution in [0.25, 0.3) is 0 Å². The second kappa shape index (κ2) is 6.91. The lowest BCUT2D eigenvalue weighted by atomic mass is 10.1. The number of hydrogen-bond acceptors (Lipinski definition) is 3. The Labute approximate surface area is 123 Å². The highest BCUT2D eigenvalue weighted by molar-refractivity contribution is 9.10. The molecule has 1 aromatic rings. The summed E-state index contributed by atoms with van der Waals surface area (Å²) >= 11 is 3.48. The van der Waals surface area contributed by atoms with E-state index in [1.54, 1.807) is 7.11 Å². The van der Waals surface area contributed by atoms with Gasteiger partial charge < -0.3 is 15.4 Å². The van der Waals surface area contributed by atoms with Gasteiger partial charge in [-0.1, -0.05) is 22.0 Å². The van der Waals surface area contributed by atoms with Gasteiger partial charge in [0.05, 0.1) is 13.2 Å². The summed E-state index contributed by atoms with van der Waals surface area (Å²) < 4.78 is 6.13. The monoisotopic (exact) mass is 328 g/mol. The number of methoxy groups -OCH3 is 1. The summed E-state index contributed by atoms with van der Waals surface area (Å²) in [6.07, 6.45) is 0. The molecule has 5 heteroatoms. The van der Waals surface area contributed by atoms with Gasteiger partial charge in [0.25, 0.3) is 0 Å². The van der Waals surface area contributed by atoms with Crippen LogP contribution in [0.5, 0.6) is 0 Å². The first-order chi connectivity index (χ1) is 8.83. The van der Waals surface area contributed by atoms with E-state index in [1.807, 2.05) is 39.0 Å². The van der Waals surface area contributed by atoms with Crippen LogP contribution < -0.4 is 10.6 Å². The average Bonchev–Trinajstić information content (AvgIpc) is 2.28. The summed E-state index contributed by atoms with van der Waals surface area (Å²) in [5.74, 6) is -0.0316. The zero-order chi connectivity index (χ0) is 14.5. The molecule has 0 saturated heterocycles. The minimum absolute atomic E-state index is 0.0316. The number of nitrogens with one attached hydrogen (secondary N) is 2. The van der Waals surface area contributed by atoms with Gasteiger partial charge >= 0.3 is 0 Å². The molecule has 0 aliphatic heterocycles. The fraction of sp³-hybridized carbons (Fsp3) is 0.500. The normalized spacial score (nSPS) is 11.2. The number of carbonyl (C=O) groups excluding carboxylic acids is 1. The molecule has 2 N–H and O–H groups in total. The second-order valence-corrected chi connectivity index (χ2v) is 6.21. The van der Waals surface area contributed by atoms with Crippen molar-refractivity contribution in [2.75, 3.05) is 19.0 Å². The standard InChI is InChI=1S/C14H21BrN2O2/c1-14(2,3)17-13(18)8-16-12-7-5-6-11(15)10(12)9-19-4/h5-7,16H,8-9H2,1-4H3,(H,17,18). The van der Waals surface area contributed by atoms with Crippen LogP contribution in [0.4, 0.5) is 5.69 Å². The number of benzene rings is 1. The summed E-state index contributed by atoms with van der Waals surface area (Å²) in [5.41, 5.74) is 1.69. The summed E-state index contributed by atoms with van der Waals surface area (Å²) in [7, 11) is 1.65. The van der Waals surface area contributed by atoms with E-state index in [9.17, 15) is 4.79 Å². The molecule has 19 heavy (non-hydrogen) atoms. The lowest BCUT2D eigenvalue weighted by Crippen LogP contribution is -2.43. The molecular formula is C14H21BrN2O2. The quantitative estimate of drug-likeness (QED) is 0.873. The van der Waals surface area contributed by atoms with Gasteiger partial charge in [-0.2, -0.15) is 0 Å². The summed E-state index contributed by atoms with van der Waals surface area (Å²) in [4.78, 5) is 11.8. The number of hydrogen-bond donors (Lipinski definition) is 2. The Hall–Kier alpha value is -1.07. The van der Waals surface area contributed by atoms with E-state index >= 15 is 0 Å². The summed E-state index contributed by atoms with van der Waals surface area (Å²) in [6.45, 7) is 6.61. The van der Waals surface area contributed by atoms with Crippen molar-refractivity contribution in [2.45, 2.75) is 32.9 Å². The van der Waals surface area contributed by atoms with Crippen LogP contribution in [0.2, 0.25) is 0 Å². The molecule has 0 spiro atoms. The molecule has 0 heterocycles. The van der Waals surface area contributed by atoms with Crippen molar-refractivity contribution in [1.82, 2.24) is 5.32 Å². The molecule has 0 radical (unpaired) electrons. The third kappa shape index (κ3) is 5.61. The smallest absolute Gasteiger partial charge is 0.239 e. The number of amides is 1. The molecule has 0 bridgehead atoms. The zero-order valence-electron chi connectivity index (χ0n) is 11.8. The van der Waals surface area contributed by atoms with Gasteiger partial charge in [-0.3, -0.25) is 4.79 Å². The number of halogens is 1. The van der Waals surface area contributed by atoms with Crippen LogP contribution in [-0.2, 0) is 16.1 Å². The van der Waals surface area contributed by atoms with E-state index in [4.69, 9.17) is 4.74 Å². The number of rotatable bonds is 5. The zero-order valence-corrected chi connectivity index (χ0v) is 13.4. The molecule has 1 amide bonds. The Kier molecular flexibility index (Phi) is 5.82. The predicted octanol–water partition coefficient (Wildman–Crippen LogP) is 2.92. The van der Waals surface area contributed by atoms with Crippen LogP contribution in [0.15, 0.2) is 22.7 Å². The lowest BCUT2D eigenvalue weighted by Gasteiger charge is -2.21. The first-order valence-corrected chi connectivity index (χ1v) is 6.94. The highest BCUT2D eigenvalue weighted by Gasteiger charge is 2.14. The lowest BCUT2D eigenvalue weighted by molar-refractivity contribution is -0.120. The van der Waals surface area contributed by atoms with E-state index in [2.05, 4.69) is 26.6 Å². The molecule has 0 aliphatic rings. The van der Waals surface area contributed by atoms with Crippen LogP contribution >= 0.6 is 15.9 Å². The first-order valence-electron chi connectivity index (χ1n) is 6.14. The molecule has 1 aromatic carbocycles. The van der Waals surface area contributed by atoms with Gasteiger partial charge in [0.2, 0.25) is 5.91 Å². The molecule has 0 aromatic heterocycles. The van der Waals surface area contributed by atoms with E-state index in [1.165, 1.54) is 0 Å². The summed E-state index contributed by atoms with van der Waals surface area (Å²) in [5, 5.41) is 6.05. The Morgan fingerprint density at radius 2 is 2.05 bits per heavy atom. The first kappa shape index (κ1) is 16.0. The SMILES string of the molecule is COCc1c(Br)cccc1NCC(=O)NC(C)(C)C. The number of ether oxygens (including phenoxy) is 1. The van der Waals surface area contributed by atoms with Crippen molar-refractivity contribution in [3.8, 4) is 0 Å². The van der Waals surface area contributed by atoms with Crippen LogP contribution in [-0.4, -0.2) is 25.1 Å². The minimum Gasteiger partial charge on any atom is -0.380 e. The van der Waals surface area contributed by atoms with Crippen LogP contribution in [0.1, 0.15) is 26.3 Å². The van der Waals surface area contributed by atoms with E-state index in [-0.39, 0.29) is 18.0 Å². The van der Waals surface area contributed by atoms with Gasteiger partial charge in [0.1, 0.15) is 0 Å². The number of anilines is 1. The van der Waals surface area contributed by atoms with Crippen molar-refractivity contribution in [1.29, 1.82) is 0 Å². The summed E-state index contributed by atoms with van der Waals surface area (Å²) in [6, 6.07) is 5.81. The van der Waals surface area contributed by atoms with Crippen molar-refractivity contribution >= 4 is 27.5 Å². The Morgan fingerprint density at radius 1 is 1.37 bits per heavy atom. The Bertz CT molecular complexity index is 442. The Balaban J connectivity index is 2.67. The molecule has 0 saturated carbocycles. The molecule has 0 unspecified atom stereocenters. The van der Waals surface area contributed by atoms with E-state index in [0.717, 1.165) is 15.7 Å². The molecule has 0 aliphatic carbocycles. The second-order valence-electron chi connectivity index (χ2n) is 5.35. The van der Waals surface area contributed by atoms with Crippen molar-refractivity contribution in [3.63, 3.8) is 0 Å². The van der Waals surface area contributed by atoms with Gasteiger partial charge in [-0.15, -0.1) is 0 Å². The maximum absolute atomic E-state index is 11.8. The van der Waals surface area contributed by atoms with Gasteiger partial charge in [0.15, 0.2) is 0 Å². The largest absolute Gasteiger partial charge is 0.380 e. The van der Waals surface area contributed by atoms with Gasteiger partial charge in [-0.25, -0.2) is 0 Å². The maximum atomic E-state index is 11.8. The Morgan fingerprint density at radius 3 is 2.63 bits per heavy atom. The van der Waals surface area contributed by atoms with Gasteiger partial charge in [-0.05, 0) is 32.9 Å². The fourth-order valence-corrected chi connectivity index (χ4v) is 2.13. The van der Waals surface area contributed by atoms with Crippen molar-refractivity contribution in [3.05, 3.63) is 28.2 Å².